The number of hydrogen-bond acceptors (Lipinski definition) is 3. The number of pyridine rings is 1. The van der Waals surface area contributed by atoms with Crippen LogP contribution in [0.15, 0.2) is 30.3 Å². The largest absolute Gasteiger partial charge is 0.381 e. The lowest BCUT2D eigenvalue weighted by Gasteiger charge is -2.20. The van der Waals surface area contributed by atoms with Gasteiger partial charge in [0.1, 0.15) is 0 Å². The minimum Gasteiger partial charge on any atom is -0.381 e. The van der Waals surface area contributed by atoms with Crippen molar-refractivity contribution in [3.05, 3.63) is 41.6 Å². The molecule has 0 amide bonds. The lowest BCUT2D eigenvalue weighted by molar-refractivity contribution is 0.0545. The summed E-state index contributed by atoms with van der Waals surface area (Å²) in [5, 5.41) is 1.03. The van der Waals surface area contributed by atoms with Crippen LogP contribution in [0.5, 0.6) is 0 Å². The predicted molar refractivity (Wildman–Crippen MR) is 74.4 cm³/mol. The van der Waals surface area contributed by atoms with Crippen LogP contribution < -0.4 is 0 Å². The van der Waals surface area contributed by atoms with Crippen LogP contribution in [0.4, 0.5) is 0 Å². The van der Waals surface area contributed by atoms with Gasteiger partial charge in [0.2, 0.25) is 0 Å². The third-order valence-corrected chi connectivity index (χ3v) is 3.71. The van der Waals surface area contributed by atoms with E-state index in [4.69, 9.17) is 4.74 Å². The van der Waals surface area contributed by atoms with E-state index < -0.39 is 0 Å². The number of carbonyl (C=O) groups excluding carboxylic acids is 1. The monoisotopic (exact) mass is 255 g/mol. The summed E-state index contributed by atoms with van der Waals surface area (Å²) < 4.78 is 5.31. The maximum Gasteiger partial charge on any atom is 0.166 e. The molecule has 1 aliphatic rings. The molecule has 0 saturated carbocycles. The second-order valence-electron chi connectivity index (χ2n) is 5.11. The highest BCUT2D eigenvalue weighted by molar-refractivity contribution is 6.00. The maximum atomic E-state index is 12.4. The Balaban J connectivity index is 1.92. The molecule has 0 aliphatic carbocycles. The van der Waals surface area contributed by atoms with Crippen molar-refractivity contribution in [3.8, 4) is 0 Å². The number of ketones is 1. The molecule has 1 fully saturated rings. The molecule has 0 N–H and O–H groups in total. The number of rotatable bonds is 2. The van der Waals surface area contributed by atoms with Gasteiger partial charge in [-0.15, -0.1) is 0 Å². The number of hydrogen-bond donors (Lipinski definition) is 0. The molecule has 0 radical (unpaired) electrons. The van der Waals surface area contributed by atoms with Crippen LogP contribution in [0.3, 0.4) is 0 Å². The summed E-state index contributed by atoms with van der Waals surface area (Å²) in [4.78, 5) is 16.9. The molecule has 0 atom stereocenters. The Morgan fingerprint density at radius 3 is 2.79 bits per heavy atom. The van der Waals surface area contributed by atoms with Crippen molar-refractivity contribution < 1.29 is 9.53 Å². The second-order valence-corrected chi connectivity index (χ2v) is 5.11. The van der Waals surface area contributed by atoms with Gasteiger partial charge in [-0.25, -0.2) is 0 Å². The van der Waals surface area contributed by atoms with E-state index in [0.29, 0.717) is 13.2 Å². The highest BCUT2D eigenvalue weighted by Gasteiger charge is 2.22. The molecule has 2 aromatic rings. The van der Waals surface area contributed by atoms with Crippen LogP contribution in [0, 0.1) is 12.8 Å². The molecule has 3 rings (SSSR count). The summed E-state index contributed by atoms with van der Waals surface area (Å²) in [6.45, 7) is 3.37. The first-order chi connectivity index (χ1) is 9.24. The van der Waals surface area contributed by atoms with E-state index in [0.717, 1.165) is 35.0 Å². The number of aryl methyl sites for hydroxylation is 1. The molecule has 19 heavy (non-hydrogen) atoms. The van der Waals surface area contributed by atoms with Crippen LogP contribution in [0.25, 0.3) is 10.9 Å². The van der Waals surface area contributed by atoms with Crippen molar-refractivity contribution in [2.24, 2.45) is 5.92 Å². The zero-order valence-electron chi connectivity index (χ0n) is 11.1. The van der Waals surface area contributed by atoms with Crippen LogP contribution in [0.2, 0.25) is 0 Å². The van der Waals surface area contributed by atoms with E-state index in [9.17, 15) is 4.79 Å². The van der Waals surface area contributed by atoms with E-state index in [1.54, 1.807) is 0 Å². The summed E-state index contributed by atoms with van der Waals surface area (Å²) in [6.07, 6.45) is 1.67. The Morgan fingerprint density at radius 2 is 2.00 bits per heavy atom. The van der Waals surface area contributed by atoms with E-state index >= 15 is 0 Å². The summed E-state index contributed by atoms with van der Waals surface area (Å²) in [5.74, 6) is 0.357. The Hall–Kier alpha value is -1.74. The standard InChI is InChI=1S/C16H17NO2/c1-11-2-3-13-10-14(4-5-15(13)17-11)16(18)12-6-8-19-9-7-12/h2-5,10,12H,6-9H2,1H3. The first-order valence-corrected chi connectivity index (χ1v) is 6.73. The average molecular weight is 255 g/mol. The molecule has 0 bridgehead atoms. The smallest absolute Gasteiger partial charge is 0.166 e. The number of carbonyl (C=O) groups is 1. The molecular formula is C16H17NO2. The number of nitrogens with zero attached hydrogens (tertiary/aromatic N) is 1. The Kier molecular flexibility index (Phi) is 3.30. The number of fused-ring (bicyclic) bond motifs is 1. The fourth-order valence-corrected chi connectivity index (χ4v) is 2.58. The maximum absolute atomic E-state index is 12.4. The highest BCUT2D eigenvalue weighted by atomic mass is 16.5. The number of ether oxygens (including phenoxy) is 1. The minimum atomic E-state index is 0.115. The van der Waals surface area contributed by atoms with E-state index in [2.05, 4.69) is 4.98 Å². The van der Waals surface area contributed by atoms with Gasteiger partial charge in [-0.05, 0) is 44.0 Å². The molecule has 3 nitrogen and oxygen atoms in total. The zero-order chi connectivity index (χ0) is 13.2. The normalized spacial score (nSPS) is 16.7. The van der Waals surface area contributed by atoms with Crippen molar-refractivity contribution in [3.63, 3.8) is 0 Å². The lowest BCUT2D eigenvalue weighted by Crippen LogP contribution is -2.23. The highest BCUT2D eigenvalue weighted by Crippen LogP contribution is 2.22. The summed E-state index contributed by atoms with van der Waals surface area (Å²) in [6, 6.07) is 9.80. The lowest BCUT2D eigenvalue weighted by atomic mass is 9.90. The summed E-state index contributed by atoms with van der Waals surface area (Å²) in [7, 11) is 0. The molecular weight excluding hydrogens is 238 g/mol. The van der Waals surface area contributed by atoms with E-state index in [1.807, 2.05) is 37.3 Å². The van der Waals surface area contributed by atoms with Gasteiger partial charge < -0.3 is 4.74 Å². The Labute approximate surface area is 112 Å². The zero-order valence-corrected chi connectivity index (χ0v) is 11.1. The van der Waals surface area contributed by atoms with Crippen LogP contribution in [-0.4, -0.2) is 24.0 Å². The molecule has 3 heteroatoms. The summed E-state index contributed by atoms with van der Waals surface area (Å²) >= 11 is 0. The van der Waals surface area contributed by atoms with Gasteiger partial charge in [0.15, 0.2) is 5.78 Å². The van der Waals surface area contributed by atoms with Crippen molar-refractivity contribution in [2.45, 2.75) is 19.8 Å². The van der Waals surface area contributed by atoms with Gasteiger partial charge in [-0.1, -0.05) is 6.07 Å². The van der Waals surface area contributed by atoms with Crippen LogP contribution in [-0.2, 0) is 4.74 Å². The van der Waals surface area contributed by atoms with Crippen molar-refractivity contribution in [1.29, 1.82) is 0 Å². The molecule has 98 valence electrons. The number of Topliss-reactive ketones (excluding diaryl/α,β-unsaturated/α-hetero) is 1. The van der Waals surface area contributed by atoms with Gasteiger partial charge in [-0.2, -0.15) is 0 Å². The molecule has 2 heterocycles. The molecule has 1 aromatic carbocycles. The van der Waals surface area contributed by atoms with E-state index in [1.165, 1.54) is 0 Å². The second kappa shape index (κ2) is 5.10. The molecule has 1 aromatic heterocycles. The van der Waals surface area contributed by atoms with Crippen molar-refractivity contribution in [1.82, 2.24) is 4.98 Å². The van der Waals surface area contributed by atoms with Gasteiger partial charge in [0, 0.05) is 35.8 Å². The quantitative estimate of drug-likeness (QED) is 0.774. The number of benzene rings is 1. The first-order valence-electron chi connectivity index (χ1n) is 6.73. The van der Waals surface area contributed by atoms with Crippen LogP contribution in [0.1, 0.15) is 28.9 Å². The van der Waals surface area contributed by atoms with E-state index in [-0.39, 0.29) is 11.7 Å². The number of aromatic nitrogens is 1. The fourth-order valence-electron chi connectivity index (χ4n) is 2.58. The molecule has 0 spiro atoms. The third kappa shape index (κ3) is 2.51. The fraction of sp³-hybridized carbons (Fsp3) is 0.375. The van der Waals surface area contributed by atoms with Crippen LogP contribution >= 0.6 is 0 Å². The van der Waals surface area contributed by atoms with Gasteiger partial charge >= 0.3 is 0 Å². The van der Waals surface area contributed by atoms with Gasteiger partial charge in [0.05, 0.1) is 5.52 Å². The SMILES string of the molecule is Cc1ccc2cc(C(=O)C3CCOCC3)ccc2n1. The molecule has 1 aliphatic heterocycles. The van der Waals surface area contributed by atoms with Crippen molar-refractivity contribution in [2.75, 3.05) is 13.2 Å². The van der Waals surface area contributed by atoms with Gasteiger partial charge in [0.25, 0.3) is 0 Å². The topological polar surface area (TPSA) is 39.2 Å². The average Bonchev–Trinajstić information content (AvgIpc) is 2.47. The molecule has 1 saturated heterocycles. The summed E-state index contributed by atoms with van der Waals surface area (Å²) in [5.41, 5.74) is 2.74. The first kappa shape index (κ1) is 12.3. The Morgan fingerprint density at radius 1 is 1.21 bits per heavy atom. The Bertz CT molecular complexity index is 615. The minimum absolute atomic E-state index is 0.115. The molecule has 0 unspecified atom stereocenters. The van der Waals surface area contributed by atoms with Crippen molar-refractivity contribution >= 4 is 16.7 Å². The predicted octanol–water partition coefficient (Wildman–Crippen LogP) is 3.15. The van der Waals surface area contributed by atoms with Gasteiger partial charge in [-0.3, -0.25) is 9.78 Å². The third-order valence-electron chi connectivity index (χ3n) is 3.71.